The minimum absolute atomic E-state index is 0.0346. The molecule has 0 amide bonds. The molecule has 5 aliphatic rings. The molecule has 0 saturated heterocycles. The van der Waals surface area contributed by atoms with E-state index in [0.29, 0.717) is 0 Å². The van der Waals surface area contributed by atoms with Crippen LogP contribution in [0, 0.1) is 16.2 Å². The fraction of sp³-hybridized carbons (Fsp3) is 0.220. The summed E-state index contributed by atoms with van der Waals surface area (Å²) in [5.74, 6) is 0. The highest BCUT2D eigenvalue weighted by Gasteiger charge is 2.68. The van der Waals surface area contributed by atoms with Crippen molar-refractivity contribution in [3.8, 4) is 0 Å². The molecule has 0 fully saturated rings. The number of allylic oxidation sites excluding steroid dienone is 6. The summed E-state index contributed by atoms with van der Waals surface area (Å²) in [5.41, 5.74) is 12.5. The van der Waals surface area contributed by atoms with Crippen molar-refractivity contribution in [2.75, 3.05) is 12.3 Å². The molecule has 0 saturated carbocycles. The summed E-state index contributed by atoms with van der Waals surface area (Å²) in [5, 5.41) is 6.88. The number of hydrogen-bond donors (Lipinski definition) is 0. The van der Waals surface area contributed by atoms with E-state index in [-0.39, 0.29) is 16.2 Å². The number of benzene rings is 4. The van der Waals surface area contributed by atoms with Gasteiger partial charge in [-0.1, -0.05) is 149 Å². The lowest BCUT2D eigenvalue weighted by molar-refractivity contribution is 0.390. The van der Waals surface area contributed by atoms with Crippen LogP contribution in [0.4, 0.5) is 0 Å². The van der Waals surface area contributed by atoms with Gasteiger partial charge in [-0.05, 0) is 94.0 Å². The van der Waals surface area contributed by atoms with Crippen LogP contribution in [0.5, 0.6) is 0 Å². The van der Waals surface area contributed by atoms with E-state index in [2.05, 4.69) is 149 Å². The van der Waals surface area contributed by atoms with Gasteiger partial charge in [0.1, 0.15) is 0 Å². The Morgan fingerprint density at radius 1 is 0.395 bits per heavy atom. The second-order valence-corrected chi connectivity index (χ2v) is 18.0. The lowest BCUT2D eigenvalue weighted by Gasteiger charge is -2.44. The maximum absolute atomic E-state index is 2.61. The van der Waals surface area contributed by atoms with Crippen LogP contribution in [0.15, 0.2) is 143 Å². The van der Waals surface area contributed by atoms with E-state index in [1.807, 2.05) is 0 Å². The van der Waals surface area contributed by atoms with E-state index in [9.17, 15) is 0 Å². The van der Waals surface area contributed by atoms with Gasteiger partial charge in [0.05, 0.1) is 0 Å². The molecule has 0 aromatic heterocycles. The number of fused-ring (bicyclic) bond motifs is 9. The first kappa shape index (κ1) is 26.1. The van der Waals surface area contributed by atoms with Crippen LogP contribution in [0.3, 0.4) is 0 Å². The Bertz CT molecular complexity index is 1800. The Kier molecular flexibility index (Phi) is 5.40. The number of rotatable bonds is 4. The van der Waals surface area contributed by atoms with E-state index in [1.54, 1.807) is 43.5 Å². The average Bonchev–Trinajstić information content (AvgIpc) is 3.77. The highest BCUT2D eigenvalue weighted by molar-refractivity contribution is 7.79. The topological polar surface area (TPSA) is 0 Å². The van der Waals surface area contributed by atoms with Crippen molar-refractivity contribution in [1.29, 1.82) is 0 Å². The molecule has 4 heterocycles. The van der Waals surface area contributed by atoms with Gasteiger partial charge in [-0.25, -0.2) is 0 Å². The molecular formula is C41H36P2. The molecule has 9 rings (SSSR count). The molecule has 4 aliphatic heterocycles. The van der Waals surface area contributed by atoms with Crippen molar-refractivity contribution in [3.63, 3.8) is 0 Å². The van der Waals surface area contributed by atoms with E-state index in [1.165, 1.54) is 34.6 Å². The van der Waals surface area contributed by atoms with Crippen LogP contribution < -0.4 is 0 Å². The van der Waals surface area contributed by atoms with Crippen molar-refractivity contribution in [2.45, 2.75) is 27.7 Å². The summed E-state index contributed by atoms with van der Waals surface area (Å²) in [6, 6.07) is 45.5. The van der Waals surface area contributed by atoms with Gasteiger partial charge in [0, 0.05) is 16.2 Å². The van der Waals surface area contributed by atoms with E-state index < -0.39 is 15.8 Å². The summed E-state index contributed by atoms with van der Waals surface area (Å²) >= 11 is 0. The molecule has 4 aromatic carbocycles. The fourth-order valence-electron chi connectivity index (χ4n) is 9.83. The lowest BCUT2D eigenvalue weighted by atomic mass is 9.59. The molecule has 4 bridgehead atoms. The Hall–Kier alpha value is -3.30. The van der Waals surface area contributed by atoms with E-state index in [0.717, 1.165) is 0 Å². The molecule has 4 aromatic rings. The third kappa shape index (κ3) is 3.25. The van der Waals surface area contributed by atoms with Crippen LogP contribution in [0.2, 0.25) is 0 Å². The fourth-order valence-corrected chi connectivity index (χ4v) is 18.1. The Labute approximate surface area is 258 Å². The molecule has 4 atom stereocenters. The lowest BCUT2D eigenvalue weighted by Crippen LogP contribution is -2.35. The van der Waals surface area contributed by atoms with E-state index in [4.69, 9.17) is 0 Å². The third-order valence-corrected chi connectivity index (χ3v) is 17.0. The SMILES string of the molecule is CC1(C)C2=C(C3=C1[C@@]1(C)CP3C(c3ccccc3)=C1c1ccccc1)P1C[C@@]2(C)C(c2ccccc2)=C1c1ccccc1. The summed E-state index contributed by atoms with van der Waals surface area (Å²) in [6.07, 6.45) is 2.52. The summed E-state index contributed by atoms with van der Waals surface area (Å²) in [6.45, 7) is 10.4. The molecule has 2 unspecified atom stereocenters. The zero-order valence-corrected chi connectivity index (χ0v) is 27.1. The van der Waals surface area contributed by atoms with Crippen LogP contribution in [-0.2, 0) is 0 Å². The minimum atomic E-state index is -0.446. The molecule has 0 N–H and O–H groups in total. The van der Waals surface area contributed by atoms with Crippen molar-refractivity contribution in [3.05, 3.63) is 165 Å². The van der Waals surface area contributed by atoms with Crippen LogP contribution in [0.1, 0.15) is 49.9 Å². The first-order valence-electron chi connectivity index (χ1n) is 15.6. The molecule has 0 nitrogen and oxygen atoms in total. The van der Waals surface area contributed by atoms with Gasteiger partial charge >= 0.3 is 0 Å². The third-order valence-electron chi connectivity index (χ3n) is 10.9. The summed E-state index contributed by atoms with van der Waals surface area (Å²) < 4.78 is 0. The van der Waals surface area contributed by atoms with Gasteiger partial charge in [0.2, 0.25) is 0 Å². The molecule has 43 heavy (non-hydrogen) atoms. The Morgan fingerprint density at radius 3 is 1.02 bits per heavy atom. The highest BCUT2D eigenvalue weighted by atomic mass is 31.1. The van der Waals surface area contributed by atoms with Gasteiger partial charge in [0.25, 0.3) is 0 Å². The maximum atomic E-state index is 2.61. The number of hydrogen-bond acceptors (Lipinski definition) is 0. The van der Waals surface area contributed by atoms with Crippen molar-refractivity contribution >= 4 is 37.6 Å². The second kappa shape index (κ2) is 8.88. The molecular weight excluding hydrogens is 554 g/mol. The highest BCUT2D eigenvalue weighted by Crippen LogP contribution is 2.92. The predicted molar refractivity (Wildman–Crippen MR) is 187 cm³/mol. The zero-order chi connectivity index (χ0) is 29.1. The van der Waals surface area contributed by atoms with Gasteiger partial charge < -0.3 is 0 Å². The summed E-state index contributed by atoms with van der Waals surface area (Å²) in [7, 11) is -0.893. The van der Waals surface area contributed by atoms with Crippen molar-refractivity contribution in [1.82, 2.24) is 0 Å². The van der Waals surface area contributed by atoms with Crippen LogP contribution >= 0.6 is 15.8 Å². The molecule has 2 heteroatoms. The molecule has 1 aliphatic carbocycles. The van der Waals surface area contributed by atoms with Gasteiger partial charge in [-0.15, -0.1) is 0 Å². The van der Waals surface area contributed by atoms with Crippen LogP contribution in [0.25, 0.3) is 21.8 Å². The monoisotopic (exact) mass is 590 g/mol. The standard InChI is InChI=1S/C41H36P2/c1-39(2)37-35(42-25-40(37,3)31(27-17-9-5-10-18-27)33(42)29-21-13-7-14-22-29)36-38(39)41(4)26-43(36)34(30-23-15-8-16-24-30)32(41)28-19-11-6-12-20-28/h5-24H,25-26H2,1-4H3/t40-,41-,42?,43?/m0/s1. The quantitative estimate of drug-likeness (QED) is 0.207. The van der Waals surface area contributed by atoms with Gasteiger partial charge in [0.15, 0.2) is 0 Å². The largest absolute Gasteiger partial charge is 0.0622 e. The average molecular weight is 591 g/mol. The Morgan fingerprint density at radius 2 is 0.698 bits per heavy atom. The molecule has 210 valence electrons. The van der Waals surface area contributed by atoms with Gasteiger partial charge in [-0.3, -0.25) is 0 Å². The van der Waals surface area contributed by atoms with Gasteiger partial charge in [-0.2, -0.15) is 0 Å². The first-order valence-corrected chi connectivity index (χ1v) is 18.7. The normalized spacial score (nSPS) is 29.7. The smallest absolute Gasteiger partial charge is 0.0209 e. The Balaban J connectivity index is 1.29. The molecule has 0 radical (unpaired) electrons. The first-order chi connectivity index (χ1) is 20.9. The predicted octanol–water partition coefficient (Wildman–Crippen LogP) is 11.7. The van der Waals surface area contributed by atoms with E-state index >= 15 is 0 Å². The molecule has 0 spiro atoms. The maximum Gasteiger partial charge on any atom is 0.0209 e. The van der Waals surface area contributed by atoms with Crippen molar-refractivity contribution in [2.24, 2.45) is 16.2 Å². The minimum Gasteiger partial charge on any atom is -0.0622 e. The zero-order valence-electron chi connectivity index (χ0n) is 25.4. The summed E-state index contributed by atoms with van der Waals surface area (Å²) in [4.78, 5) is 0. The second-order valence-electron chi connectivity index (χ2n) is 13.8. The van der Waals surface area contributed by atoms with Crippen molar-refractivity contribution < 1.29 is 0 Å². The van der Waals surface area contributed by atoms with Crippen LogP contribution in [-0.4, -0.2) is 12.3 Å².